The van der Waals surface area contributed by atoms with Gasteiger partial charge in [0, 0.05) is 51.9 Å². The number of benzene rings is 1. The average Bonchev–Trinajstić information content (AvgIpc) is 3.70. The fraction of sp³-hybridized carbons (Fsp3) is 0.606. The maximum absolute atomic E-state index is 13.8. The Morgan fingerprint density at radius 3 is 2.29 bits per heavy atom. The van der Waals surface area contributed by atoms with E-state index in [0.717, 1.165) is 93.8 Å². The second-order valence-electron chi connectivity index (χ2n) is 13.2. The van der Waals surface area contributed by atoms with Gasteiger partial charge in [-0.15, -0.1) is 0 Å². The zero-order chi connectivity index (χ0) is 31.0. The Labute approximate surface area is 266 Å². The van der Waals surface area contributed by atoms with Crippen LogP contribution in [0.1, 0.15) is 79.9 Å². The Morgan fingerprint density at radius 1 is 0.933 bits per heavy atom. The van der Waals surface area contributed by atoms with Gasteiger partial charge in [-0.3, -0.25) is 4.79 Å². The minimum absolute atomic E-state index is 0.0873. The average molecular weight is 636 g/mol. The van der Waals surface area contributed by atoms with Gasteiger partial charge in [-0.25, -0.2) is 14.4 Å². The SMILES string of the molecule is COCC1CCN(c2cc(C(=O)NS(=O)(=O)N3CCC(N4CCCC4)CC3)nc3c2c(C2CCC2)nn3-c2ccccc2)CC1. The number of fused-ring (bicyclic) bond motifs is 1. The lowest BCUT2D eigenvalue weighted by atomic mass is 9.82. The highest BCUT2D eigenvalue weighted by Crippen LogP contribution is 2.43. The predicted octanol–water partition coefficient (Wildman–Crippen LogP) is 4.09. The number of aromatic nitrogens is 3. The summed E-state index contributed by atoms with van der Waals surface area (Å²) in [7, 11) is -2.28. The Balaban J connectivity index is 1.22. The standard InChI is InChI=1S/C33H45N7O4S/c1-44-23-24-12-18-38(19-13-24)29-22-28(33(41)36-45(42,43)39-20-14-26(15-21-39)37-16-5-6-17-37)34-32-30(29)31(25-8-7-9-25)35-40(32)27-10-3-2-4-11-27/h2-4,10-11,22,24-26H,5-9,12-21,23H2,1H3,(H,36,41). The summed E-state index contributed by atoms with van der Waals surface area (Å²) < 4.78 is 38.0. The van der Waals surface area contributed by atoms with E-state index in [-0.39, 0.29) is 5.69 Å². The fourth-order valence-corrected chi connectivity index (χ4v) is 8.73. The van der Waals surface area contributed by atoms with Crippen LogP contribution >= 0.6 is 0 Å². The van der Waals surface area contributed by atoms with Crippen LogP contribution in [0.5, 0.6) is 0 Å². The van der Waals surface area contributed by atoms with E-state index in [4.69, 9.17) is 14.8 Å². The summed E-state index contributed by atoms with van der Waals surface area (Å²) in [6.45, 7) is 5.37. The molecule has 3 saturated heterocycles. The molecular formula is C33H45N7O4S. The molecule has 0 radical (unpaired) electrons. The molecule has 45 heavy (non-hydrogen) atoms. The van der Waals surface area contributed by atoms with Crippen molar-refractivity contribution in [3.63, 3.8) is 0 Å². The van der Waals surface area contributed by atoms with E-state index in [0.29, 0.717) is 36.6 Å². The molecule has 3 aromatic rings. The molecule has 1 aliphatic carbocycles. The van der Waals surface area contributed by atoms with Gasteiger partial charge < -0.3 is 14.5 Å². The second kappa shape index (κ2) is 13.0. The zero-order valence-corrected chi connectivity index (χ0v) is 27.1. The molecule has 4 aliphatic rings. The number of likely N-dealkylation sites (tertiary alicyclic amines) is 1. The largest absolute Gasteiger partial charge is 0.384 e. The molecule has 7 rings (SSSR count). The van der Waals surface area contributed by atoms with Crippen LogP contribution in [0.3, 0.4) is 0 Å². The van der Waals surface area contributed by atoms with Crippen molar-refractivity contribution in [3.8, 4) is 5.69 Å². The monoisotopic (exact) mass is 635 g/mol. The predicted molar refractivity (Wildman–Crippen MR) is 174 cm³/mol. The van der Waals surface area contributed by atoms with Crippen LogP contribution in [-0.2, 0) is 14.9 Å². The second-order valence-corrected chi connectivity index (χ2v) is 14.9. The lowest BCUT2D eigenvalue weighted by molar-refractivity contribution is 0.0972. The molecule has 0 atom stereocenters. The number of amides is 1. The van der Waals surface area contributed by atoms with Crippen molar-refractivity contribution in [2.75, 3.05) is 57.9 Å². The minimum Gasteiger partial charge on any atom is -0.384 e. The van der Waals surface area contributed by atoms with Gasteiger partial charge in [0.25, 0.3) is 5.91 Å². The Kier molecular flexibility index (Phi) is 8.82. The molecule has 4 fully saturated rings. The third kappa shape index (κ3) is 6.22. The van der Waals surface area contributed by atoms with Crippen LogP contribution in [0, 0.1) is 5.92 Å². The highest BCUT2D eigenvalue weighted by molar-refractivity contribution is 7.87. The molecule has 5 heterocycles. The summed E-state index contributed by atoms with van der Waals surface area (Å²) >= 11 is 0. The van der Waals surface area contributed by atoms with Crippen molar-refractivity contribution in [3.05, 3.63) is 47.8 Å². The number of hydrogen-bond acceptors (Lipinski definition) is 8. The zero-order valence-electron chi connectivity index (χ0n) is 26.2. The Bertz CT molecular complexity index is 1600. The van der Waals surface area contributed by atoms with Gasteiger partial charge in [0.05, 0.1) is 22.5 Å². The molecule has 0 bridgehead atoms. The number of carbonyl (C=O) groups excluding carboxylic acids is 1. The molecule has 0 unspecified atom stereocenters. The van der Waals surface area contributed by atoms with E-state index in [2.05, 4.69) is 14.5 Å². The third-order valence-electron chi connectivity index (χ3n) is 10.4. The van der Waals surface area contributed by atoms with Gasteiger partial charge in [-0.05, 0) is 88.6 Å². The van der Waals surface area contributed by atoms with Gasteiger partial charge >= 0.3 is 10.2 Å². The summed E-state index contributed by atoms with van der Waals surface area (Å²) in [5, 5.41) is 6.08. The smallest absolute Gasteiger partial charge is 0.304 e. The lowest BCUT2D eigenvalue weighted by Crippen LogP contribution is -2.50. The fourth-order valence-electron chi connectivity index (χ4n) is 7.57. The van der Waals surface area contributed by atoms with Gasteiger partial charge in [0.2, 0.25) is 0 Å². The molecular weight excluding hydrogens is 590 g/mol. The Morgan fingerprint density at radius 2 is 1.64 bits per heavy atom. The van der Waals surface area contributed by atoms with Crippen molar-refractivity contribution < 1.29 is 17.9 Å². The summed E-state index contributed by atoms with van der Waals surface area (Å²) in [4.78, 5) is 23.5. The van der Waals surface area contributed by atoms with Crippen molar-refractivity contribution in [2.24, 2.45) is 5.92 Å². The van der Waals surface area contributed by atoms with Gasteiger partial charge in [0.1, 0.15) is 5.69 Å². The normalized spacial score (nSPS) is 21.4. The van der Waals surface area contributed by atoms with Crippen molar-refractivity contribution in [1.82, 2.24) is 28.7 Å². The lowest BCUT2D eigenvalue weighted by Gasteiger charge is -2.35. The van der Waals surface area contributed by atoms with Crippen molar-refractivity contribution in [1.29, 1.82) is 0 Å². The van der Waals surface area contributed by atoms with Crippen molar-refractivity contribution >= 4 is 32.8 Å². The van der Waals surface area contributed by atoms with Crippen molar-refractivity contribution in [2.45, 2.75) is 69.7 Å². The molecule has 3 aliphatic heterocycles. The van der Waals surface area contributed by atoms with Gasteiger partial charge in [-0.1, -0.05) is 24.6 Å². The van der Waals surface area contributed by atoms with E-state index in [1.165, 1.54) is 23.6 Å². The highest BCUT2D eigenvalue weighted by atomic mass is 32.2. The number of hydrogen-bond donors (Lipinski definition) is 1. The first kappa shape index (κ1) is 30.6. The molecule has 242 valence electrons. The van der Waals surface area contributed by atoms with E-state index in [1.54, 1.807) is 13.2 Å². The molecule has 1 aromatic carbocycles. The molecule has 12 heteroatoms. The van der Waals surface area contributed by atoms with Crippen LogP contribution in [0.15, 0.2) is 36.4 Å². The topological polar surface area (TPSA) is 113 Å². The highest BCUT2D eigenvalue weighted by Gasteiger charge is 2.35. The third-order valence-corrected chi connectivity index (χ3v) is 11.9. The van der Waals surface area contributed by atoms with Crippen LogP contribution in [0.2, 0.25) is 0 Å². The molecule has 1 saturated carbocycles. The van der Waals surface area contributed by atoms with E-state index in [1.807, 2.05) is 35.0 Å². The number of methoxy groups -OCH3 is 1. The number of carbonyl (C=O) groups is 1. The Hall–Kier alpha value is -3.06. The summed E-state index contributed by atoms with van der Waals surface area (Å²) in [5.74, 6) is 0.122. The molecule has 0 spiro atoms. The quantitative estimate of drug-likeness (QED) is 0.374. The number of piperidine rings is 2. The maximum Gasteiger partial charge on any atom is 0.304 e. The minimum atomic E-state index is -4.02. The first-order chi connectivity index (χ1) is 21.9. The molecule has 1 N–H and O–H groups in total. The van der Waals surface area contributed by atoms with E-state index >= 15 is 0 Å². The van der Waals surface area contributed by atoms with Crippen LogP contribution in [-0.4, -0.2) is 97.3 Å². The maximum atomic E-state index is 13.8. The number of para-hydroxylation sites is 1. The number of nitrogens with zero attached hydrogens (tertiary/aromatic N) is 6. The molecule has 2 aromatic heterocycles. The number of anilines is 1. The van der Waals surface area contributed by atoms with E-state index < -0.39 is 16.1 Å². The van der Waals surface area contributed by atoms with Crippen LogP contribution < -0.4 is 9.62 Å². The number of rotatable bonds is 9. The van der Waals surface area contributed by atoms with Crippen LogP contribution in [0.4, 0.5) is 5.69 Å². The first-order valence-corrected chi connectivity index (χ1v) is 18.1. The first-order valence-electron chi connectivity index (χ1n) is 16.7. The number of ether oxygens (including phenoxy) is 1. The summed E-state index contributed by atoms with van der Waals surface area (Å²) in [6, 6.07) is 12.1. The summed E-state index contributed by atoms with van der Waals surface area (Å²) in [5.41, 5.74) is 3.46. The van der Waals surface area contributed by atoms with Gasteiger partial charge in [-0.2, -0.15) is 17.8 Å². The van der Waals surface area contributed by atoms with Crippen LogP contribution in [0.25, 0.3) is 16.7 Å². The molecule has 1 amide bonds. The number of pyridine rings is 1. The molecule has 11 nitrogen and oxygen atoms in total. The van der Waals surface area contributed by atoms with Gasteiger partial charge in [0.15, 0.2) is 5.65 Å². The number of nitrogens with one attached hydrogen (secondary N) is 1. The van der Waals surface area contributed by atoms with E-state index in [9.17, 15) is 13.2 Å². The summed E-state index contributed by atoms with van der Waals surface area (Å²) in [6.07, 6.45) is 9.26.